The van der Waals surface area contributed by atoms with Crippen molar-refractivity contribution in [3.8, 4) is 0 Å². The molecule has 0 saturated carbocycles. The smallest absolute Gasteiger partial charge is 0.305 e. The number of rotatable bonds is 10. The van der Waals surface area contributed by atoms with Crippen LogP contribution in [-0.2, 0) is 4.79 Å². The van der Waals surface area contributed by atoms with Crippen LogP contribution in [0, 0.1) is 6.92 Å². The minimum absolute atomic E-state index is 0.0656. The summed E-state index contributed by atoms with van der Waals surface area (Å²) < 4.78 is 0. The van der Waals surface area contributed by atoms with Gasteiger partial charge in [0.2, 0.25) is 0 Å². The molecular formula is C30H30ClN3O3. The number of nitrogens with one attached hydrogen (secondary N) is 1. The van der Waals surface area contributed by atoms with Crippen LogP contribution in [0.3, 0.4) is 0 Å². The van der Waals surface area contributed by atoms with E-state index >= 15 is 0 Å². The Bertz CT molecular complexity index is 1390. The lowest BCUT2D eigenvalue weighted by Crippen LogP contribution is -2.26. The summed E-state index contributed by atoms with van der Waals surface area (Å²) in [5, 5.41) is 13.2. The highest BCUT2D eigenvalue weighted by Gasteiger charge is 2.29. The number of carboxylic acid groups (broad SMARTS) is 1. The number of aryl methyl sites for hydroxylation is 1. The predicted molar refractivity (Wildman–Crippen MR) is 146 cm³/mol. The zero-order valence-corrected chi connectivity index (χ0v) is 21.7. The SMILES string of the molecule is CCCC(c1ccc(C(=O)NCCC(=O)O)cc1)C(c1ccc(Cl)cc1)c1nc(C)c2ccccc2n1. The fourth-order valence-electron chi connectivity index (χ4n) is 4.73. The van der Waals surface area contributed by atoms with Crippen LogP contribution in [0.1, 0.15) is 71.0 Å². The number of halogens is 1. The van der Waals surface area contributed by atoms with Crippen LogP contribution in [0.4, 0.5) is 0 Å². The van der Waals surface area contributed by atoms with Gasteiger partial charge in [0.1, 0.15) is 5.82 Å². The molecule has 0 bridgehead atoms. The molecule has 7 heteroatoms. The molecule has 0 radical (unpaired) electrons. The van der Waals surface area contributed by atoms with E-state index in [-0.39, 0.29) is 30.7 Å². The molecule has 2 unspecified atom stereocenters. The van der Waals surface area contributed by atoms with Gasteiger partial charge >= 0.3 is 5.97 Å². The van der Waals surface area contributed by atoms with Gasteiger partial charge in [-0.05, 0) is 60.7 Å². The van der Waals surface area contributed by atoms with Crippen molar-refractivity contribution in [3.05, 3.63) is 106 Å². The van der Waals surface area contributed by atoms with E-state index in [0.29, 0.717) is 10.6 Å². The van der Waals surface area contributed by atoms with E-state index in [9.17, 15) is 9.59 Å². The number of carbonyl (C=O) groups excluding carboxylic acids is 1. The summed E-state index contributed by atoms with van der Waals surface area (Å²) in [6, 6.07) is 23.4. The lowest BCUT2D eigenvalue weighted by molar-refractivity contribution is -0.136. The Labute approximate surface area is 221 Å². The number of carboxylic acids is 1. The molecule has 0 aliphatic heterocycles. The van der Waals surface area contributed by atoms with E-state index in [2.05, 4.69) is 12.2 Å². The van der Waals surface area contributed by atoms with E-state index in [1.54, 1.807) is 12.1 Å². The number of fused-ring (bicyclic) bond motifs is 1. The van der Waals surface area contributed by atoms with Crippen LogP contribution in [-0.4, -0.2) is 33.5 Å². The number of aromatic nitrogens is 2. The minimum Gasteiger partial charge on any atom is -0.481 e. The number of para-hydroxylation sites is 1. The Morgan fingerprint density at radius 2 is 1.62 bits per heavy atom. The molecule has 0 aliphatic carbocycles. The van der Waals surface area contributed by atoms with Crippen molar-refractivity contribution in [2.24, 2.45) is 0 Å². The molecule has 0 saturated heterocycles. The van der Waals surface area contributed by atoms with Gasteiger partial charge in [0.15, 0.2) is 0 Å². The minimum atomic E-state index is -0.947. The summed E-state index contributed by atoms with van der Waals surface area (Å²) in [5.74, 6) is -0.529. The molecule has 6 nitrogen and oxygen atoms in total. The third-order valence-corrected chi connectivity index (χ3v) is 6.80. The molecule has 0 aliphatic rings. The number of carbonyl (C=O) groups is 2. The van der Waals surface area contributed by atoms with E-state index in [1.165, 1.54) is 0 Å². The first-order chi connectivity index (χ1) is 17.9. The third kappa shape index (κ3) is 6.33. The Morgan fingerprint density at radius 1 is 0.946 bits per heavy atom. The summed E-state index contributed by atoms with van der Waals surface area (Å²) in [7, 11) is 0. The van der Waals surface area contributed by atoms with E-state index in [4.69, 9.17) is 26.7 Å². The first-order valence-corrected chi connectivity index (χ1v) is 12.8. The zero-order chi connectivity index (χ0) is 26.4. The van der Waals surface area contributed by atoms with Crippen LogP contribution in [0.2, 0.25) is 5.02 Å². The van der Waals surface area contributed by atoms with Crippen LogP contribution < -0.4 is 5.32 Å². The molecule has 0 spiro atoms. The second kappa shape index (κ2) is 12.0. The number of benzene rings is 3. The lowest BCUT2D eigenvalue weighted by atomic mass is 9.78. The topological polar surface area (TPSA) is 92.2 Å². The van der Waals surface area contributed by atoms with Crippen LogP contribution in [0.5, 0.6) is 0 Å². The second-order valence-corrected chi connectivity index (χ2v) is 9.57. The van der Waals surface area contributed by atoms with Crippen LogP contribution in [0.25, 0.3) is 10.9 Å². The molecule has 190 valence electrons. The first-order valence-electron chi connectivity index (χ1n) is 12.5. The van der Waals surface area contributed by atoms with Crippen LogP contribution in [0.15, 0.2) is 72.8 Å². The van der Waals surface area contributed by atoms with Crippen molar-refractivity contribution in [2.45, 2.75) is 44.9 Å². The van der Waals surface area contributed by atoms with Gasteiger partial charge in [-0.1, -0.05) is 67.4 Å². The summed E-state index contributed by atoms with van der Waals surface area (Å²) in [6.07, 6.45) is 1.74. The van der Waals surface area contributed by atoms with Gasteiger partial charge in [-0.25, -0.2) is 9.97 Å². The molecular weight excluding hydrogens is 486 g/mol. The molecule has 0 fully saturated rings. The van der Waals surface area contributed by atoms with Gasteiger partial charge < -0.3 is 10.4 Å². The molecule has 37 heavy (non-hydrogen) atoms. The maximum absolute atomic E-state index is 12.5. The van der Waals surface area contributed by atoms with Crippen molar-refractivity contribution in [3.63, 3.8) is 0 Å². The quantitative estimate of drug-likeness (QED) is 0.251. The fraction of sp³-hybridized carbons (Fsp3) is 0.267. The number of nitrogens with zero attached hydrogens (tertiary/aromatic N) is 2. The molecule has 1 amide bonds. The van der Waals surface area contributed by atoms with Crippen molar-refractivity contribution in [1.29, 1.82) is 0 Å². The maximum Gasteiger partial charge on any atom is 0.305 e. The molecule has 3 aromatic carbocycles. The van der Waals surface area contributed by atoms with Crippen LogP contribution >= 0.6 is 11.6 Å². The van der Waals surface area contributed by atoms with Gasteiger partial charge in [0.25, 0.3) is 5.91 Å². The molecule has 2 atom stereocenters. The Balaban J connectivity index is 1.74. The van der Waals surface area contributed by atoms with Crippen molar-refractivity contribution < 1.29 is 14.7 Å². The third-order valence-electron chi connectivity index (χ3n) is 6.55. The normalized spacial score (nSPS) is 12.7. The predicted octanol–water partition coefficient (Wildman–Crippen LogP) is 6.51. The highest BCUT2D eigenvalue weighted by atomic mass is 35.5. The summed E-state index contributed by atoms with van der Waals surface area (Å²) in [5.41, 5.74) is 4.49. The highest BCUT2D eigenvalue weighted by Crippen LogP contribution is 2.41. The van der Waals surface area contributed by atoms with Crippen molar-refractivity contribution >= 4 is 34.4 Å². The fourth-order valence-corrected chi connectivity index (χ4v) is 4.86. The average molecular weight is 516 g/mol. The van der Waals surface area contributed by atoms with Gasteiger partial charge in [-0.3, -0.25) is 9.59 Å². The number of aliphatic carboxylic acids is 1. The number of hydrogen-bond acceptors (Lipinski definition) is 4. The molecule has 4 rings (SSSR count). The summed E-state index contributed by atoms with van der Waals surface area (Å²) in [4.78, 5) is 33.2. The maximum atomic E-state index is 12.5. The monoisotopic (exact) mass is 515 g/mol. The molecule has 2 N–H and O–H groups in total. The first kappa shape index (κ1) is 26.3. The Hall–Kier alpha value is -3.77. The van der Waals surface area contributed by atoms with Crippen molar-refractivity contribution in [1.82, 2.24) is 15.3 Å². The van der Waals surface area contributed by atoms with Gasteiger partial charge in [-0.15, -0.1) is 0 Å². The van der Waals surface area contributed by atoms with E-state index < -0.39 is 5.97 Å². The zero-order valence-electron chi connectivity index (χ0n) is 20.9. The van der Waals surface area contributed by atoms with Crippen molar-refractivity contribution in [2.75, 3.05) is 6.54 Å². The van der Waals surface area contributed by atoms with Gasteiger partial charge in [0.05, 0.1) is 17.9 Å². The number of hydrogen-bond donors (Lipinski definition) is 2. The van der Waals surface area contributed by atoms with Gasteiger partial charge in [0, 0.05) is 28.2 Å². The molecule has 1 aromatic heterocycles. The largest absolute Gasteiger partial charge is 0.481 e. The molecule has 1 heterocycles. The van der Waals surface area contributed by atoms with E-state index in [0.717, 1.165) is 46.4 Å². The summed E-state index contributed by atoms with van der Waals surface area (Å²) in [6.45, 7) is 4.26. The van der Waals surface area contributed by atoms with E-state index in [1.807, 2.05) is 67.6 Å². The highest BCUT2D eigenvalue weighted by molar-refractivity contribution is 6.30. The number of amides is 1. The average Bonchev–Trinajstić information content (AvgIpc) is 2.89. The lowest BCUT2D eigenvalue weighted by Gasteiger charge is -2.28. The Morgan fingerprint density at radius 3 is 2.30 bits per heavy atom. The summed E-state index contributed by atoms with van der Waals surface area (Å²) >= 11 is 6.22. The molecule has 4 aromatic rings. The second-order valence-electron chi connectivity index (χ2n) is 9.13. The Kier molecular flexibility index (Phi) is 8.51. The van der Waals surface area contributed by atoms with Gasteiger partial charge in [-0.2, -0.15) is 0 Å². The standard InChI is InChI=1S/C30H30ClN3O3/c1-3-6-25(20-9-11-22(12-10-20)30(37)32-18-17-27(35)36)28(21-13-15-23(31)16-14-21)29-33-19(2)24-7-4-5-8-26(24)34-29/h4-5,7-16,25,28H,3,6,17-18H2,1-2H3,(H,32,37)(H,35,36).